The number of nitrogens with zero attached hydrogens (tertiary/aromatic N) is 4. The second kappa shape index (κ2) is 4.00. The minimum absolute atomic E-state index is 0.0120. The van der Waals surface area contributed by atoms with Crippen LogP contribution in [0, 0.1) is 0 Å². The van der Waals surface area contributed by atoms with Crippen LogP contribution in [0.1, 0.15) is 25.7 Å². The second-order valence-corrected chi connectivity index (χ2v) is 4.16. The summed E-state index contributed by atoms with van der Waals surface area (Å²) in [4.78, 5) is 16.1. The molecule has 2 heterocycles. The Kier molecular flexibility index (Phi) is 2.68. The van der Waals surface area contributed by atoms with Crippen molar-refractivity contribution in [3.8, 4) is 0 Å². The van der Waals surface area contributed by atoms with E-state index in [1.165, 1.54) is 0 Å². The van der Waals surface area contributed by atoms with Crippen molar-refractivity contribution >= 4 is 0 Å². The van der Waals surface area contributed by atoms with E-state index in [-0.39, 0.29) is 11.7 Å². The molecule has 0 aliphatic heterocycles. The van der Waals surface area contributed by atoms with Gasteiger partial charge in [-0.05, 0) is 13.8 Å². The maximum atomic E-state index is 11.9. The molecule has 5 heteroatoms. The highest BCUT2D eigenvalue weighted by molar-refractivity contribution is 4.94. The van der Waals surface area contributed by atoms with Crippen molar-refractivity contribution in [1.29, 1.82) is 0 Å². The molecule has 0 spiro atoms. The molecule has 0 aromatic carbocycles. The van der Waals surface area contributed by atoms with Gasteiger partial charge in [0.25, 0.3) is 0 Å². The van der Waals surface area contributed by atoms with Crippen molar-refractivity contribution in [2.24, 2.45) is 7.05 Å². The van der Waals surface area contributed by atoms with Crippen molar-refractivity contribution in [2.45, 2.75) is 26.4 Å². The Morgan fingerprint density at radius 1 is 1.31 bits per heavy atom. The molecular formula is C11H16N4O. The van der Waals surface area contributed by atoms with Crippen LogP contribution in [0.25, 0.3) is 0 Å². The standard InChI is InChI=1S/C11H16N4O/c1-9(2)15-7-6-14(11(15)16)8-10-12-4-5-13(10)3/h4-7,9H,8H2,1-3H3. The number of aryl methyl sites for hydroxylation is 1. The van der Waals surface area contributed by atoms with Crippen molar-refractivity contribution in [2.75, 3.05) is 0 Å². The van der Waals surface area contributed by atoms with E-state index < -0.39 is 0 Å². The summed E-state index contributed by atoms with van der Waals surface area (Å²) >= 11 is 0. The largest absolute Gasteiger partial charge is 0.337 e. The lowest BCUT2D eigenvalue weighted by Crippen LogP contribution is -2.26. The highest BCUT2D eigenvalue weighted by Crippen LogP contribution is 2.01. The molecule has 86 valence electrons. The van der Waals surface area contributed by atoms with Gasteiger partial charge in [-0.15, -0.1) is 0 Å². The second-order valence-electron chi connectivity index (χ2n) is 4.16. The highest BCUT2D eigenvalue weighted by atomic mass is 16.1. The van der Waals surface area contributed by atoms with Crippen LogP contribution in [0.15, 0.2) is 29.6 Å². The lowest BCUT2D eigenvalue weighted by atomic mass is 10.4. The van der Waals surface area contributed by atoms with Crippen LogP contribution in [0.4, 0.5) is 0 Å². The summed E-state index contributed by atoms with van der Waals surface area (Å²) < 4.78 is 5.30. The average Bonchev–Trinajstić information content (AvgIpc) is 2.76. The number of hydrogen-bond donors (Lipinski definition) is 0. The first-order chi connectivity index (χ1) is 7.59. The fourth-order valence-corrected chi connectivity index (χ4v) is 1.64. The summed E-state index contributed by atoms with van der Waals surface area (Å²) in [7, 11) is 1.92. The summed E-state index contributed by atoms with van der Waals surface area (Å²) in [6, 6.07) is 0.190. The van der Waals surface area contributed by atoms with Crippen molar-refractivity contribution in [3.05, 3.63) is 41.1 Å². The van der Waals surface area contributed by atoms with Gasteiger partial charge in [0.05, 0.1) is 6.54 Å². The van der Waals surface area contributed by atoms with E-state index in [4.69, 9.17) is 0 Å². The quantitative estimate of drug-likeness (QED) is 0.775. The molecule has 2 aromatic heterocycles. The molecule has 0 fully saturated rings. The van der Waals surface area contributed by atoms with Gasteiger partial charge in [-0.1, -0.05) is 0 Å². The first-order valence-electron chi connectivity index (χ1n) is 5.33. The smallest absolute Gasteiger partial charge is 0.328 e. The van der Waals surface area contributed by atoms with E-state index in [0.717, 1.165) is 5.82 Å². The molecule has 0 aliphatic carbocycles. The molecular weight excluding hydrogens is 204 g/mol. The third-order valence-corrected chi connectivity index (χ3v) is 2.66. The molecule has 16 heavy (non-hydrogen) atoms. The molecule has 0 N–H and O–H groups in total. The Hall–Kier alpha value is -1.78. The molecule has 0 unspecified atom stereocenters. The average molecular weight is 220 g/mol. The van der Waals surface area contributed by atoms with E-state index in [1.807, 2.05) is 37.9 Å². The number of rotatable bonds is 3. The fourth-order valence-electron chi connectivity index (χ4n) is 1.64. The van der Waals surface area contributed by atoms with Crippen LogP contribution < -0.4 is 5.69 Å². The van der Waals surface area contributed by atoms with Crippen molar-refractivity contribution in [3.63, 3.8) is 0 Å². The summed E-state index contributed by atoms with van der Waals surface area (Å²) in [6.45, 7) is 4.50. The molecule has 2 rings (SSSR count). The van der Waals surface area contributed by atoms with E-state index in [2.05, 4.69) is 4.98 Å². The van der Waals surface area contributed by atoms with Gasteiger partial charge in [-0.2, -0.15) is 0 Å². The Morgan fingerprint density at radius 3 is 2.56 bits per heavy atom. The van der Waals surface area contributed by atoms with Gasteiger partial charge in [-0.3, -0.25) is 9.13 Å². The Bertz CT molecular complexity index is 532. The van der Waals surface area contributed by atoms with Crippen molar-refractivity contribution in [1.82, 2.24) is 18.7 Å². The number of aromatic nitrogens is 4. The van der Waals surface area contributed by atoms with E-state index in [1.54, 1.807) is 21.5 Å². The first kappa shape index (κ1) is 10.7. The molecule has 0 radical (unpaired) electrons. The molecule has 0 aliphatic rings. The van der Waals surface area contributed by atoms with Gasteiger partial charge < -0.3 is 4.57 Å². The molecule has 2 aromatic rings. The van der Waals surface area contributed by atoms with Crippen LogP contribution in [-0.4, -0.2) is 18.7 Å². The highest BCUT2D eigenvalue weighted by Gasteiger charge is 2.08. The summed E-state index contributed by atoms with van der Waals surface area (Å²) in [5.74, 6) is 0.878. The zero-order valence-electron chi connectivity index (χ0n) is 9.79. The Labute approximate surface area is 94.0 Å². The zero-order chi connectivity index (χ0) is 11.7. The number of hydrogen-bond acceptors (Lipinski definition) is 2. The molecule has 5 nitrogen and oxygen atoms in total. The summed E-state index contributed by atoms with van der Waals surface area (Å²) in [6.07, 6.45) is 7.23. The summed E-state index contributed by atoms with van der Waals surface area (Å²) in [5, 5.41) is 0. The predicted molar refractivity (Wildman–Crippen MR) is 61.4 cm³/mol. The molecule has 0 amide bonds. The van der Waals surface area contributed by atoms with E-state index in [9.17, 15) is 4.79 Å². The van der Waals surface area contributed by atoms with Gasteiger partial charge in [-0.25, -0.2) is 9.78 Å². The van der Waals surface area contributed by atoms with E-state index in [0.29, 0.717) is 6.54 Å². The van der Waals surface area contributed by atoms with Gasteiger partial charge in [0, 0.05) is 37.9 Å². The number of imidazole rings is 2. The zero-order valence-corrected chi connectivity index (χ0v) is 9.79. The topological polar surface area (TPSA) is 44.8 Å². The van der Waals surface area contributed by atoms with E-state index >= 15 is 0 Å². The third kappa shape index (κ3) is 1.80. The lowest BCUT2D eigenvalue weighted by molar-refractivity contribution is 0.555. The van der Waals surface area contributed by atoms with Gasteiger partial charge in [0.15, 0.2) is 0 Å². The maximum absolute atomic E-state index is 11.9. The first-order valence-corrected chi connectivity index (χ1v) is 5.33. The SMILES string of the molecule is CC(C)n1ccn(Cc2nccn2C)c1=O. The monoisotopic (exact) mass is 220 g/mol. The van der Waals surface area contributed by atoms with Crippen LogP contribution in [0.5, 0.6) is 0 Å². The minimum Gasteiger partial charge on any atom is -0.337 e. The maximum Gasteiger partial charge on any atom is 0.328 e. The summed E-state index contributed by atoms with van der Waals surface area (Å²) in [5.41, 5.74) is 0.0120. The third-order valence-electron chi connectivity index (χ3n) is 2.66. The molecule has 0 atom stereocenters. The normalized spacial score (nSPS) is 11.2. The minimum atomic E-state index is 0.0120. The predicted octanol–water partition coefficient (Wildman–Crippen LogP) is 1.01. The Morgan fingerprint density at radius 2 is 2.06 bits per heavy atom. The van der Waals surface area contributed by atoms with Gasteiger partial charge >= 0.3 is 5.69 Å². The van der Waals surface area contributed by atoms with Crippen LogP contribution in [0.2, 0.25) is 0 Å². The Balaban J connectivity index is 2.30. The molecule has 0 bridgehead atoms. The molecule has 0 saturated heterocycles. The van der Waals surface area contributed by atoms with Crippen LogP contribution >= 0.6 is 0 Å². The van der Waals surface area contributed by atoms with Crippen molar-refractivity contribution < 1.29 is 0 Å². The fraction of sp³-hybridized carbons (Fsp3) is 0.455. The van der Waals surface area contributed by atoms with Gasteiger partial charge in [0.1, 0.15) is 5.82 Å². The van der Waals surface area contributed by atoms with Crippen LogP contribution in [-0.2, 0) is 13.6 Å². The van der Waals surface area contributed by atoms with Crippen LogP contribution in [0.3, 0.4) is 0 Å². The lowest BCUT2D eigenvalue weighted by Gasteiger charge is -2.05. The molecule has 0 saturated carbocycles. The van der Waals surface area contributed by atoms with Gasteiger partial charge in [0.2, 0.25) is 0 Å².